The molecule has 1 aromatic carbocycles. The van der Waals surface area contributed by atoms with Crippen molar-refractivity contribution in [1.82, 2.24) is 0 Å². The van der Waals surface area contributed by atoms with E-state index in [1.54, 1.807) is 7.11 Å². The van der Waals surface area contributed by atoms with Crippen LogP contribution in [0.15, 0.2) is 24.3 Å². The Labute approximate surface area is 55.3 Å². The first kappa shape index (κ1) is 6.14. The van der Waals surface area contributed by atoms with Gasteiger partial charge in [0.15, 0.2) is 0 Å². The number of rotatable bonds is 1. The van der Waals surface area contributed by atoms with Crippen molar-refractivity contribution >= 4 is 0 Å². The third-order valence-corrected chi connectivity index (χ3v) is 1.23. The molecule has 0 saturated heterocycles. The minimum absolute atomic E-state index is 0.926. The summed E-state index contributed by atoms with van der Waals surface area (Å²) < 4.78 is 5.00. The van der Waals surface area contributed by atoms with E-state index in [9.17, 15) is 0 Å². The van der Waals surface area contributed by atoms with Crippen molar-refractivity contribution in [3.8, 4) is 5.75 Å². The molecule has 9 heavy (non-hydrogen) atoms. The van der Waals surface area contributed by atoms with Gasteiger partial charge < -0.3 is 4.74 Å². The van der Waals surface area contributed by atoms with Crippen molar-refractivity contribution < 1.29 is 4.74 Å². The zero-order valence-corrected chi connectivity index (χ0v) is 5.72. The molecule has 0 N–H and O–H groups in total. The summed E-state index contributed by atoms with van der Waals surface area (Å²) in [6.07, 6.45) is 0. The van der Waals surface area contributed by atoms with Crippen LogP contribution in [0.1, 0.15) is 5.56 Å². The van der Waals surface area contributed by atoms with Gasteiger partial charge in [-0.25, -0.2) is 0 Å². The van der Waals surface area contributed by atoms with Gasteiger partial charge in [0.05, 0.1) is 7.11 Å². The highest BCUT2D eigenvalue weighted by Crippen LogP contribution is 2.10. The first-order valence-corrected chi connectivity index (χ1v) is 2.93. The van der Waals surface area contributed by atoms with Crippen molar-refractivity contribution in [2.45, 2.75) is 6.92 Å². The molecule has 0 bridgehead atoms. The molecule has 1 aromatic rings. The number of ether oxygens (including phenoxy) is 1. The molecule has 0 aliphatic carbocycles. The third-order valence-electron chi connectivity index (χ3n) is 1.23. The minimum atomic E-state index is 0.926. The summed E-state index contributed by atoms with van der Waals surface area (Å²) in [7, 11) is 1.68. The Bertz CT molecular complexity index is 194. The Morgan fingerprint density at radius 3 is 2.67 bits per heavy atom. The lowest BCUT2D eigenvalue weighted by molar-refractivity contribution is 0.414. The predicted octanol–water partition coefficient (Wildman–Crippen LogP) is 2.00. The zero-order valence-electron chi connectivity index (χ0n) is 5.72. The van der Waals surface area contributed by atoms with E-state index in [1.165, 1.54) is 5.56 Å². The quantitative estimate of drug-likeness (QED) is 0.556. The summed E-state index contributed by atoms with van der Waals surface area (Å²) in [6.45, 7) is 2.04. The average molecular weight is 124 g/mol. The predicted molar refractivity (Wildman–Crippen MR) is 37.7 cm³/mol. The van der Waals surface area contributed by atoms with E-state index < -0.39 is 0 Å². The highest BCUT2D eigenvalue weighted by atomic mass is 16.5. The van der Waals surface area contributed by atoms with E-state index in [2.05, 4.69) is 0 Å². The van der Waals surface area contributed by atoms with Crippen molar-refractivity contribution in [2.24, 2.45) is 0 Å². The molecule has 0 aromatic heterocycles. The van der Waals surface area contributed by atoms with E-state index in [4.69, 9.17) is 4.74 Å². The smallest absolute Gasteiger partial charge is 0.119 e. The number of methoxy groups -OCH3 is 1. The molecule has 0 spiro atoms. The largest absolute Gasteiger partial charge is 0.497 e. The van der Waals surface area contributed by atoms with Crippen LogP contribution in [0.25, 0.3) is 0 Å². The van der Waals surface area contributed by atoms with Crippen molar-refractivity contribution in [1.29, 1.82) is 0 Å². The standard InChI is InChI=1S/C8H10O/c1-7-4-3-5-8(6-7)9-2/h3-6H,1-2H3/i1+2. The van der Waals surface area contributed by atoms with Crippen molar-refractivity contribution in [3.05, 3.63) is 29.8 Å². The summed E-state index contributed by atoms with van der Waals surface area (Å²) >= 11 is 0. The van der Waals surface area contributed by atoms with E-state index in [-0.39, 0.29) is 0 Å². The van der Waals surface area contributed by atoms with Gasteiger partial charge >= 0.3 is 0 Å². The van der Waals surface area contributed by atoms with Crippen LogP contribution in [0.4, 0.5) is 0 Å². The van der Waals surface area contributed by atoms with Crippen LogP contribution in [-0.4, -0.2) is 7.11 Å². The Kier molecular flexibility index (Phi) is 1.73. The second kappa shape index (κ2) is 2.53. The SMILES string of the molecule is COc1cccc([14CH3])c1. The van der Waals surface area contributed by atoms with Gasteiger partial charge in [-0.2, -0.15) is 0 Å². The fourth-order valence-corrected chi connectivity index (χ4v) is 0.742. The number of hydrogen-bond acceptors (Lipinski definition) is 1. The molecule has 0 atom stereocenters. The lowest BCUT2D eigenvalue weighted by atomic mass is 10.3. The molecule has 0 saturated carbocycles. The molecule has 0 unspecified atom stereocenters. The summed E-state index contributed by atoms with van der Waals surface area (Å²) in [4.78, 5) is 0. The second-order valence-corrected chi connectivity index (χ2v) is 2.02. The number of hydrogen-bond donors (Lipinski definition) is 0. The zero-order chi connectivity index (χ0) is 6.69. The van der Waals surface area contributed by atoms with Crippen molar-refractivity contribution in [2.75, 3.05) is 7.11 Å². The molecule has 1 rings (SSSR count). The van der Waals surface area contributed by atoms with Crippen LogP contribution in [0.3, 0.4) is 0 Å². The molecule has 0 radical (unpaired) electrons. The van der Waals surface area contributed by atoms with Crippen LogP contribution < -0.4 is 4.74 Å². The molecule has 0 amide bonds. The Morgan fingerprint density at radius 1 is 1.44 bits per heavy atom. The average Bonchev–Trinajstić information content (AvgIpc) is 1.88. The molecule has 0 heterocycles. The summed E-state index contributed by atoms with van der Waals surface area (Å²) in [6, 6.07) is 7.96. The van der Waals surface area contributed by atoms with Crippen LogP contribution in [-0.2, 0) is 0 Å². The van der Waals surface area contributed by atoms with Crippen LogP contribution in [0.5, 0.6) is 5.75 Å². The molecular formula is C8H10O. The van der Waals surface area contributed by atoms with Gasteiger partial charge in [-0.1, -0.05) is 12.1 Å². The Morgan fingerprint density at radius 2 is 2.22 bits per heavy atom. The van der Waals surface area contributed by atoms with E-state index >= 15 is 0 Å². The topological polar surface area (TPSA) is 9.23 Å². The van der Waals surface area contributed by atoms with Gasteiger partial charge in [-0.05, 0) is 24.6 Å². The minimum Gasteiger partial charge on any atom is -0.497 e. The maximum atomic E-state index is 5.00. The maximum Gasteiger partial charge on any atom is 0.119 e. The Balaban J connectivity index is 2.94. The molecule has 0 aliphatic rings. The summed E-state index contributed by atoms with van der Waals surface area (Å²) in [5, 5.41) is 0. The van der Waals surface area contributed by atoms with E-state index in [0.717, 1.165) is 5.75 Å². The fraction of sp³-hybridized carbons (Fsp3) is 0.250. The summed E-state index contributed by atoms with van der Waals surface area (Å²) in [5.41, 5.74) is 1.23. The first-order chi connectivity index (χ1) is 4.33. The fourth-order valence-electron chi connectivity index (χ4n) is 0.742. The highest BCUT2D eigenvalue weighted by molar-refractivity contribution is 5.27. The molecule has 1 nitrogen and oxygen atoms in total. The van der Waals surface area contributed by atoms with Crippen LogP contribution in [0.2, 0.25) is 0 Å². The lowest BCUT2D eigenvalue weighted by Gasteiger charge is -1.97. The van der Waals surface area contributed by atoms with Gasteiger partial charge in [0.25, 0.3) is 0 Å². The first-order valence-electron chi connectivity index (χ1n) is 2.93. The lowest BCUT2D eigenvalue weighted by Crippen LogP contribution is -1.81. The van der Waals surface area contributed by atoms with E-state index in [1.807, 2.05) is 31.2 Å². The normalized spacial score (nSPS) is 9.11. The highest BCUT2D eigenvalue weighted by Gasteiger charge is 1.86. The third kappa shape index (κ3) is 1.46. The van der Waals surface area contributed by atoms with Gasteiger partial charge in [-0.3, -0.25) is 0 Å². The van der Waals surface area contributed by atoms with Crippen LogP contribution in [0, 0.1) is 6.92 Å². The monoisotopic (exact) mass is 124 g/mol. The van der Waals surface area contributed by atoms with Crippen molar-refractivity contribution in [3.63, 3.8) is 0 Å². The van der Waals surface area contributed by atoms with Gasteiger partial charge in [0.1, 0.15) is 5.75 Å². The number of aryl methyl sites for hydroxylation is 1. The number of benzene rings is 1. The molecule has 48 valence electrons. The Hall–Kier alpha value is -0.980. The molecule has 0 aliphatic heterocycles. The van der Waals surface area contributed by atoms with Gasteiger partial charge in [0, 0.05) is 0 Å². The maximum absolute atomic E-state index is 5.00. The molecule has 0 fully saturated rings. The second-order valence-electron chi connectivity index (χ2n) is 2.02. The van der Waals surface area contributed by atoms with Crippen LogP contribution >= 0.6 is 0 Å². The van der Waals surface area contributed by atoms with Gasteiger partial charge in [0.2, 0.25) is 0 Å². The van der Waals surface area contributed by atoms with E-state index in [0.29, 0.717) is 0 Å². The van der Waals surface area contributed by atoms with Gasteiger partial charge in [-0.15, -0.1) is 0 Å². The molecule has 1 heteroatoms. The molecular weight excluding hydrogens is 114 g/mol. The summed E-state index contributed by atoms with van der Waals surface area (Å²) in [5.74, 6) is 0.926.